The van der Waals surface area contributed by atoms with E-state index >= 15 is 0 Å². The molecule has 0 bridgehead atoms. The summed E-state index contributed by atoms with van der Waals surface area (Å²) in [5.41, 5.74) is 0.899. The minimum Gasteiger partial charge on any atom is -0.393 e. The molecule has 0 aromatic carbocycles. The molecule has 4 aliphatic carbocycles. The van der Waals surface area contributed by atoms with Crippen molar-refractivity contribution in [3.8, 4) is 0 Å². The predicted molar refractivity (Wildman–Crippen MR) is 118 cm³/mol. The Balaban J connectivity index is 1.26. The zero-order chi connectivity index (χ0) is 20.9. The van der Waals surface area contributed by atoms with Gasteiger partial charge in [0, 0.05) is 12.3 Å². The molecule has 0 aromatic rings. The largest absolute Gasteiger partial charge is 0.393 e. The normalized spacial score (nSPS) is 62.5. The average Bonchev–Trinajstić information content (AvgIpc) is 3.16. The van der Waals surface area contributed by atoms with E-state index in [1.54, 1.807) is 0 Å². The quantitative estimate of drug-likeness (QED) is 0.543. The van der Waals surface area contributed by atoms with Crippen molar-refractivity contribution >= 4 is 0 Å². The van der Waals surface area contributed by atoms with E-state index in [4.69, 9.17) is 9.47 Å². The Kier molecular flexibility index (Phi) is 4.58. The molecule has 1 N–H and O–H groups in total. The second-order valence-electron chi connectivity index (χ2n) is 13.1. The number of hydrogen-bond donors (Lipinski definition) is 1. The van der Waals surface area contributed by atoms with Gasteiger partial charge >= 0.3 is 0 Å². The maximum Gasteiger partial charge on any atom is 0.171 e. The third-order valence-electron chi connectivity index (χ3n) is 11.9. The van der Waals surface area contributed by atoms with Crippen LogP contribution in [0, 0.1) is 52.3 Å². The van der Waals surface area contributed by atoms with Crippen molar-refractivity contribution in [1.82, 2.24) is 0 Å². The Morgan fingerprint density at radius 3 is 2.40 bits per heavy atom. The molecule has 0 amide bonds. The van der Waals surface area contributed by atoms with Crippen molar-refractivity contribution in [3.63, 3.8) is 0 Å². The molecular weight excluding hydrogens is 372 g/mol. The summed E-state index contributed by atoms with van der Waals surface area (Å²) in [6.07, 6.45) is 12.9. The summed E-state index contributed by atoms with van der Waals surface area (Å²) >= 11 is 0. The Labute approximate surface area is 183 Å². The number of fused-ring (bicyclic) bond motifs is 7. The van der Waals surface area contributed by atoms with E-state index in [2.05, 4.69) is 27.7 Å². The maximum absolute atomic E-state index is 10.3. The molecule has 170 valence electrons. The topological polar surface area (TPSA) is 38.7 Å². The van der Waals surface area contributed by atoms with Crippen LogP contribution in [0.3, 0.4) is 0 Å². The lowest BCUT2D eigenvalue weighted by atomic mass is 9.44. The standard InChI is InChI=1S/C27H44O3/c1-16-7-12-27(29-15-16)17(2)24-23(30-27)14-22-20-6-5-18-13-19(28)8-10-25(18,3)21(20)9-11-26(22,24)4/h16-24,28H,5-15H2,1-4H3/t16-,17+,18+,19-,20-,21-,22+,23+,24-,25+,26+,27-/m1/s1. The molecule has 1 spiro atoms. The molecule has 2 aliphatic heterocycles. The second kappa shape index (κ2) is 6.70. The van der Waals surface area contributed by atoms with Gasteiger partial charge in [-0.15, -0.1) is 0 Å². The molecule has 6 aliphatic rings. The Bertz CT molecular complexity index is 684. The highest BCUT2D eigenvalue weighted by Gasteiger charge is 2.69. The molecule has 3 heteroatoms. The van der Waals surface area contributed by atoms with Crippen molar-refractivity contribution in [2.24, 2.45) is 52.3 Å². The third-order valence-corrected chi connectivity index (χ3v) is 11.9. The first-order chi connectivity index (χ1) is 14.3. The summed E-state index contributed by atoms with van der Waals surface area (Å²) in [5, 5.41) is 10.3. The summed E-state index contributed by atoms with van der Waals surface area (Å²) in [7, 11) is 0. The number of rotatable bonds is 0. The van der Waals surface area contributed by atoms with Crippen LogP contribution in [0.25, 0.3) is 0 Å². The van der Waals surface area contributed by atoms with Crippen LogP contribution in [-0.4, -0.2) is 29.7 Å². The highest BCUT2D eigenvalue weighted by Crippen LogP contribution is 2.71. The Morgan fingerprint density at radius 1 is 0.833 bits per heavy atom. The summed E-state index contributed by atoms with van der Waals surface area (Å²) < 4.78 is 13.4. The van der Waals surface area contributed by atoms with Crippen LogP contribution >= 0.6 is 0 Å². The Morgan fingerprint density at radius 2 is 1.63 bits per heavy atom. The van der Waals surface area contributed by atoms with Crippen molar-refractivity contribution in [1.29, 1.82) is 0 Å². The summed E-state index contributed by atoms with van der Waals surface area (Å²) in [5.74, 6) is 4.93. The van der Waals surface area contributed by atoms with E-state index in [0.717, 1.165) is 49.5 Å². The van der Waals surface area contributed by atoms with Gasteiger partial charge in [0.1, 0.15) is 0 Å². The van der Waals surface area contributed by atoms with Crippen molar-refractivity contribution in [2.75, 3.05) is 6.61 Å². The van der Waals surface area contributed by atoms with Crippen LogP contribution in [0.5, 0.6) is 0 Å². The first kappa shape index (κ1) is 20.5. The van der Waals surface area contributed by atoms with Crippen LogP contribution in [0.2, 0.25) is 0 Å². The highest BCUT2D eigenvalue weighted by molar-refractivity contribution is 5.15. The molecule has 2 heterocycles. The van der Waals surface area contributed by atoms with Gasteiger partial charge in [0.15, 0.2) is 5.79 Å². The maximum atomic E-state index is 10.3. The van der Waals surface area contributed by atoms with Gasteiger partial charge in [-0.3, -0.25) is 0 Å². The molecule has 4 saturated carbocycles. The van der Waals surface area contributed by atoms with Gasteiger partial charge in [0.05, 0.1) is 18.8 Å². The van der Waals surface area contributed by atoms with Gasteiger partial charge in [-0.1, -0.05) is 27.7 Å². The molecule has 12 atom stereocenters. The molecule has 0 unspecified atom stereocenters. The number of hydrogen-bond acceptors (Lipinski definition) is 3. The zero-order valence-corrected chi connectivity index (χ0v) is 19.7. The van der Waals surface area contributed by atoms with Gasteiger partial charge in [0.25, 0.3) is 0 Å². The molecule has 2 saturated heterocycles. The molecule has 6 fully saturated rings. The van der Waals surface area contributed by atoms with Gasteiger partial charge < -0.3 is 14.6 Å². The second-order valence-corrected chi connectivity index (χ2v) is 13.1. The van der Waals surface area contributed by atoms with E-state index in [1.165, 1.54) is 44.9 Å². The average molecular weight is 417 g/mol. The van der Waals surface area contributed by atoms with E-state index in [-0.39, 0.29) is 11.9 Å². The van der Waals surface area contributed by atoms with Crippen molar-refractivity contribution in [3.05, 3.63) is 0 Å². The summed E-state index contributed by atoms with van der Waals surface area (Å²) in [4.78, 5) is 0. The minimum absolute atomic E-state index is 0.0389. The molecule has 30 heavy (non-hydrogen) atoms. The van der Waals surface area contributed by atoms with Crippen LogP contribution in [0.4, 0.5) is 0 Å². The van der Waals surface area contributed by atoms with Gasteiger partial charge in [-0.05, 0) is 104 Å². The first-order valence-corrected chi connectivity index (χ1v) is 13.3. The van der Waals surface area contributed by atoms with Gasteiger partial charge in [-0.2, -0.15) is 0 Å². The number of aliphatic hydroxyl groups excluding tert-OH is 1. The summed E-state index contributed by atoms with van der Waals surface area (Å²) in [6.45, 7) is 10.9. The van der Waals surface area contributed by atoms with Crippen LogP contribution < -0.4 is 0 Å². The molecule has 6 rings (SSSR count). The van der Waals surface area contributed by atoms with E-state index in [0.29, 0.717) is 34.7 Å². The molecular formula is C27H44O3. The zero-order valence-electron chi connectivity index (χ0n) is 19.7. The predicted octanol–water partition coefficient (Wildman–Crippen LogP) is 5.79. The SMILES string of the molecule is C[C@@H]1CC[C@@]2(OC1)O[C@H]1C[C@H]3[C@@H]4CC[C@H]5C[C@H](O)CC[C@]5(C)[C@@H]4CC[C@]3(C)[C@@H]1[C@@H]2C. The minimum atomic E-state index is -0.282. The fraction of sp³-hybridized carbons (Fsp3) is 1.00. The fourth-order valence-electron chi connectivity index (χ4n) is 10.3. The molecule has 3 nitrogen and oxygen atoms in total. The number of ether oxygens (including phenoxy) is 2. The fourth-order valence-corrected chi connectivity index (χ4v) is 10.3. The van der Waals surface area contributed by atoms with Gasteiger partial charge in [-0.25, -0.2) is 0 Å². The van der Waals surface area contributed by atoms with Crippen LogP contribution in [0.15, 0.2) is 0 Å². The number of aliphatic hydroxyl groups is 1. The third kappa shape index (κ3) is 2.61. The monoisotopic (exact) mass is 416 g/mol. The van der Waals surface area contributed by atoms with E-state index < -0.39 is 0 Å². The van der Waals surface area contributed by atoms with E-state index in [1.807, 2.05) is 0 Å². The Hall–Kier alpha value is -0.120. The first-order valence-electron chi connectivity index (χ1n) is 13.3. The van der Waals surface area contributed by atoms with Crippen LogP contribution in [0.1, 0.15) is 91.9 Å². The van der Waals surface area contributed by atoms with E-state index in [9.17, 15) is 5.11 Å². The van der Waals surface area contributed by atoms with Gasteiger partial charge in [0.2, 0.25) is 0 Å². The lowest BCUT2D eigenvalue weighted by Crippen LogP contribution is -2.55. The molecule has 0 radical (unpaired) electrons. The summed E-state index contributed by atoms with van der Waals surface area (Å²) in [6, 6.07) is 0. The highest BCUT2D eigenvalue weighted by atomic mass is 16.7. The van der Waals surface area contributed by atoms with Crippen molar-refractivity contribution in [2.45, 2.75) is 110 Å². The molecule has 0 aromatic heterocycles. The van der Waals surface area contributed by atoms with Crippen LogP contribution in [-0.2, 0) is 9.47 Å². The smallest absolute Gasteiger partial charge is 0.171 e. The lowest BCUT2D eigenvalue weighted by Gasteiger charge is -2.61. The lowest BCUT2D eigenvalue weighted by molar-refractivity contribution is -0.273. The van der Waals surface area contributed by atoms with Crippen molar-refractivity contribution < 1.29 is 14.6 Å².